The molecule has 3 atom stereocenters. The molecular formula is C10H8O4S3-2. The normalized spacial score (nSPS) is 27.5. The zero-order chi connectivity index (χ0) is 12.5. The van der Waals surface area contributed by atoms with E-state index >= 15 is 0 Å². The Morgan fingerprint density at radius 2 is 1.82 bits per heavy atom. The Balaban J connectivity index is 2.51. The van der Waals surface area contributed by atoms with Gasteiger partial charge in [0.15, 0.2) is 0 Å². The van der Waals surface area contributed by atoms with Gasteiger partial charge >= 0.3 is 0 Å². The lowest BCUT2D eigenvalue weighted by Crippen LogP contribution is -2.29. The molecule has 0 saturated heterocycles. The predicted molar refractivity (Wildman–Crippen MR) is 66.5 cm³/mol. The van der Waals surface area contributed by atoms with Gasteiger partial charge in [0, 0.05) is 5.75 Å². The van der Waals surface area contributed by atoms with E-state index in [-0.39, 0.29) is 9.99 Å². The van der Waals surface area contributed by atoms with Gasteiger partial charge in [0.1, 0.15) is 0 Å². The lowest BCUT2D eigenvalue weighted by atomic mass is 10.0. The second kappa shape index (κ2) is 5.03. The Morgan fingerprint density at radius 1 is 1.18 bits per heavy atom. The molecule has 2 rings (SSSR count). The number of thioether (sulfide) groups is 1. The van der Waals surface area contributed by atoms with Crippen LogP contribution in [0.4, 0.5) is 0 Å². The summed E-state index contributed by atoms with van der Waals surface area (Å²) in [6.07, 6.45) is 1.30. The third-order valence-corrected chi connectivity index (χ3v) is 5.99. The summed E-state index contributed by atoms with van der Waals surface area (Å²) < 4.78 is 43.4. The van der Waals surface area contributed by atoms with E-state index in [4.69, 9.17) is 0 Å². The Kier molecular flexibility index (Phi) is 3.84. The van der Waals surface area contributed by atoms with Crippen molar-refractivity contribution in [3.05, 3.63) is 46.2 Å². The number of benzene rings is 1. The Morgan fingerprint density at radius 3 is 2.29 bits per heavy atom. The van der Waals surface area contributed by atoms with E-state index in [1.54, 1.807) is 30.3 Å². The molecule has 0 bridgehead atoms. The van der Waals surface area contributed by atoms with Crippen molar-refractivity contribution in [2.24, 2.45) is 0 Å². The van der Waals surface area contributed by atoms with Crippen LogP contribution in [0.2, 0.25) is 0 Å². The molecule has 4 nitrogen and oxygen atoms in total. The quantitative estimate of drug-likeness (QED) is 0.781. The molecule has 1 aliphatic rings. The van der Waals surface area contributed by atoms with Gasteiger partial charge in [-0.3, -0.25) is 8.42 Å². The van der Waals surface area contributed by atoms with E-state index in [1.807, 2.05) is 0 Å². The maximum atomic E-state index is 11.4. The van der Waals surface area contributed by atoms with Gasteiger partial charge in [0.25, 0.3) is 0 Å². The van der Waals surface area contributed by atoms with Gasteiger partial charge in [-0.2, -0.15) is 0 Å². The smallest absolute Gasteiger partial charge is 0.0868 e. The second-order valence-corrected chi connectivity index (χ2v) is 6.86. The van der Waals surface area contributed by atoms with Crippen molar-refractivity contribution in [2.75, 3.05) is 5.75 Å². The summed E-state index contributed by atoms with van der Waals surface area (Å²) >= 11 is -3.75. The van der Waals surface area contributed by atoms with Gasteiger partial charge in [0.05, 0.1) is 8.98 Å². The van der Waals surface area contributed by atoms with Crippen LogP contribution in [0.5, 0.6) is 0 Å². The van der Waals surface area contributed by atoms with E-state index in [1.165, 1.54) is 6.08 Å². The van der Waals surface area contributed by atoms with Crippen LogP contribution in [0.3, 0.4) is 0 Å². The van der Waals surface area contributed by atoms with Gasteiger partial charge in [-0.1, -0.05) is 30.3 Å². The van der Waals surface area contributed by atoms with Crippen molar-refractivity contribution in [3.8, 4) is 0 Å². The fourth-order valence-corrected chi connectivity index (χ4v) is 4.63. The van der Waals surface area contributed by atoms with Crippen LogP contribution in [-0.4, -0.2) is 23.3 Å². The minimum Gasteiger partial charge on any atom is -0.771 e. The Labute approximate surface area is 108 Å². The highest BCUT2D eigenvalue weighted by Crippen LogP contribution is 2.43. The Hall–Kier alpha value is -0.470. The summed E-state index contributed by atoms with van der Waals surface area (Å²) in [5.74, 6) is 0.191. The van der Waals surface area contributed by atoms with Gasteiger partial charge < -0.3 is 9.11 Å². The highest BCUT2D eigenvalue weighted by atomic mass is 32.2. The maximum absolute atomic E-state index is 11.4. The van der Waals surface area contributed by atoms with Crippen LogP contribution >= 0.6 is 11.8 Å². The van der Waals surface area contributed by atoms with Crippen LogP contribution in [0.1, 0.15) is 5.56 Å². The van der Waals surface area contributed by atoms with E-state index in [0.29, 0.717) is 5.56 Å². The molecule has 7 heteroatoms. The van der Waals surface area contributed by atoms with E-state index in [9.17, 15) is 17.5 Å². The summed E-state index contributed by atoms with van der Waals surface area (Å²) in [6.45, 7) is 0. The first-order valence-electron chi connectivity index (χ1n) is 4.66. The molecule has 0 radical (unpaired) electrons. The molecule has 0 fully saturated rings. The monoisotopic (exact) mass is 288 g/mol. The van der Waals surface area contributed by atoms with Crippen molar-refractivity contribution in [1.29, 1.82) is 0 Å². The molecule has 0 N–H and O–H groups in total. The van der Waals surface area contributed by atoms with Gasteiger partial charge in [-0.25, -0.2) is 0 Å². The van der Waals surface area contributed by atoms with Crippen molar-refractivity contribution >= 4 is 33.9 Å². The fourth-order valence-electron chi connectivity index (χ4n) is 1.63. The van der Waals surface area contributed by atoms with Crippen LogP contribution < -0.4 is 0 Å². The maximum Gasteiger partial charge on any atom is 0.0868 e. The second-order valence-electron chi connectivity index (χ2n) is 3.48. The highest BCUT2D eigenvalue weighted by Gasteiger charge is 2.37. The summed E-state index contributed by atoms with van der Waals surface area (Å²) in [4.78, 5) is 0. The van der Waals surface area contributed by atoms with Crippen molar-refractivity contribution < 1.29 is 17.5 Å². The molecule has 1 heterocycles. The lowest BCUT2D eigenvalue weighted by molar-refractivity contribution is 0.513. The summed E-state index contributed by atoms with van der Waals surface area (Å²) in [5.41, 5.74) is 0.585. The van der Waals surface area contributed by atoms with E-state index in [0.717, 1.165) is 11.8 Å². The predicted octanol–water partition coefficient (Wildman–Crippen LogP) is 1.23. The molecule has 1 aromatic carbocycles. The largest absolute Gasteiger partial charge is 0.771 e. The molecule has 0 aliphatic carbocycles. The number of hydrogen-bond acceptors (Lipinski definition) is 5. The minimum absolute atomic E-state index is 0.0815. The molecule has 0 amide bonds. The van der Waals surface area contributed by atoms with Crippen LogP contribution in [0.25, 0.3) is 0 Å². The van der Waals surface area contributed by atoms with Crippen molar-refractivity contribution in [2.45, 2.75) is 4.75 Å². The molecule has 0 spiro atoms. The Bertz CT molecular complexity index is 500. The van der Waals surface area contributed by atoms with Crippen LogP contribution in [0.15, 0.2) is 40.6 Å². The molecule has 0 aromatic heterocycles. The first kappa shape index (κ1) is 13.0. The molecule has 0 saturated carbocycles. The zero-order valence-electron chi connectivity index (χ0n) is 8.53. The van der Waals surface area contributed by atoms with Crippen LogP contribution in [-0.2, 0) is 26.9 Å². The number of rotatable bonds is 3. The molecule has 1 aromatic rings. The summed E-state index contributed by atoms with van der Waals surface area (Å²) in [6, 6.07) is 8.61. The molecule has 1 aliphatic heterocycles. The SMILES string of the molecule is O=S([O-])C1=CC(c2ccccc2)(S(=O)[O-])CS1. The standard InChI is InChI=1S/C10H10O4S3/c11-16(12)9-6-10(7-15-9,17(13)14)8-4-2-1-3-5-8/h1-6H,7H2,(H,11,12)(H,13,14)/p-2. The van der Waals surface area contributed by atoms with Gasteiger partial charge in [0.2, 0.25) is 0 Å². The molecule has 3 unspecified atom stereocenters. The van der Waals surface area contributed by atoms with Crippen molar-refractivity contribution in [3.63, 3.8) is 0 Å². The average Bonchev–Trinajstić information content (AvgIpc) is 2.76. The van der Waals surface area contributed by atoms with Gasteiger partial charge in [-0.05, 0) is 33.8 Å². The highest BCUT2D eigenvalue weighted by molar-refractivity contribution is 8.15. The first-order chi connectivity index (χ1) is 8.06. The van der Waals surface area contributed by atoms with Crippen molar-refractivity contribution in [1.82, 2.24) is 0 Å². The molecular weight excluding hydrogens is 280 g/mol. The third-order valence-electron chi connectivity index (χ3n) is 2.50. The first-order valence-corrected chi connectivity index (χ1v) is 7.79. The fraction of sp³-hybridized carbons (Fsp3) is 0.200. The average molecular weight is 288 g/mol. The third kappa shape index (κ3) is 2.38. The molecule has 17 heavy (non-hydrogen) atoms. The van der Waals surface area contributed by atoms with Gasteiger partial charge in [-0.15, -0.1) is 11.8 Å². The van der Waals surface area contributed by atoms with Crippen LogP contribution in [0, 0.1) is 0 Å². The summed E-state index contributed by atoms with van der Waals surface area (Å²) in [5, 5.41) is 0. The molecule has 92 valence electrons. The van der Waals surface area contributed by atoms with E-state index in [2.05, 4.69) is 0 Å². The lowest BCUT2D eigenvalue weighted by Gasteiger charge is -2.29. The minimum atomic E-state index is -2.41. The summed E-state index contributed by atoms with van der Waals surface area (Å²) in [7, 11) is 0. The number of hydrogen-bond donors (Lipinski definition) is 0. The zero-order valence-corrected chi connectivity index (χ0v) is 11.0. The topological polar surface area (TPSA) is 80.3 Å². The van der Waals surface area contributed by atoms with E-state index < -0.39 is 26.9 Å².